The van der Waals surface area contributed by atoms with E-state index in [0.717, 1.165) is 14.9 Å². The highest BCUT2D eigenvalue weighted by Gasteiger charge is 2.09. The maximum Gasteiger partial charge on any atom is 0.343 e. The molecule has 98 valence electrons. The quantitative estimate of drug-likeness (QED) is 0.469. The van der Waals surface area contributed by atoms with Crippen molar-refractivity contribution in [3.05, 3.63) is 57.2 Å². The first-order valence-corrected chi connectivity index (χ1v) is 6.80. The summed E-state index contributed by atoms with van der Waals surface area (Å²) in [6.07, 6.45) is 0. The van der Waals surface area contributed by atoms with Crippen LogP contribution in [0.2, 0.25) is 0 Å². The molecular weight excluding hydrogens is 355 g/mol. The van der Waals surface area contributed by atoms with Gasteiger partial charge in [0, 0.05) is 3.57 Å². The first-order valence-electron chi connectivity index (χ1n) is 5.72. The molecule has 0 aliphatic rings. The number of methoxy groups -OCH3 is 1. The summed E-state index contributed by atoms with van der Waals surface area (Å²) in [5.74, 6) is 0.870. The van der Waals surface area contributed by atoms with Crippen molar-refractivity contribution in [3.8, 4) is 11.5 Å². The topological polar surface area (TPSA) is 35.5 Å². The van der Waals surface area contributed by atoms with Crippen LogP contribution in [0.1, 0.15) is 15.9 Å². The minimum absolute atomic E-state index is 0.358. The molecule has 2 aromatic rings. The number of hydrogen-bond donors (Lipinski definition) is 0. The van der Waals surface area contributed by atoms with Crippen LogP contribution in [0.25, 0.3) is 0 Å². The molecule has 0 saturated carbocycles. The summed E-state index contributed by atoms with van der Waals surface area (Å²) >= 11 is 2.20. The van der Waals surface area contributed by atoms with Crippen molar-refractivity contribution in [1.29, 1.82) is 0 Å². The highest BCUT2D eigenvalue weighted by atomic mass is 127. The van der Waals surface area contributed by atoms with Gasteiger partial charge >= 0.3 is 5.97 Å². The molecule has 0 radical (unpaired) electrons. The highest BCUT2D eigenvalue weighted by molar-refractivity contribution is 14.1. The van der Waals surface area contributed by atoms with Gasteiger partial charge in [-0.1, -0.05) is 6.07 Å². The summed E-state index contributed by atoms with van der Waals surface area (Å²) in [7, 11) is 1.59. The van der Waals surface area contributed by atoms with Gasteiger partial charge in [0.2, 0.25) is 0 Å². The second-order valence-electron chi connectivity index (χ2n) is 4.03. The average Bonchev–Trinajstić information content (AvgIpc) is 2.42. The summed E-state index contributed by atoms with van der Waals surface area (Å²) in [6, 6.07) is 12.4. The second kappa shape index (κ2) is 6.06. The van der Waals surface area contributed by atoms with Gasteiger partial charge in [0.1, 0.15) is 11.5 Å². The van der Waals surface area contributed by atoms with Crippen LogP contribution in [0.3, 0.4) is 0 Å². The van der Waals surface area contributed by atoms with Gasteiger partial charge in [-0.2, -0.15) is 0 Å². The molecule has 0 aliphatic carbocycles. The van der Waals surface area contributed by atoms with E-state index < -0.39 is 0 Å². The summed E-state index contributed by atoms with van der Waals surface area (Å²) in [6.45, 7) is 2.00. The van der Waals surface area contributed by atoms with E-state index in [4.69, 9.17) is 9.47 Å². The van der Waals surface area contributed by atoms with E-state index in [1.54, 1.807) is 37.4 Å². The predicted molar refractivity (Wildman–Crippen MR) is 81.8 cm³/mol. The zero-order valence-corrected chi connectivity index (χ0v) is 12.8. The Balaban J connectivity index is 2.13. The number of carbonyl (C=O) groups excluding carboxylic acids is 1. The number of hydrogen-bond acceptors (Lipinski definition) is 3. The lowest BCUT2D eigenvalue weighted by atomic mass is 10.1. The Morgan fingerprint density at radius 1 is 1.05 bits per heavy atom. The molecule has 3 nitrogen and oxygen atoms in total. The Kier molecular flexibility index (Phi) is 4.42. The van der Waals surface area contributed by atoms with Crippen molar-refractivity contribution in [3.63, 3.8) is 0 Å². The van der Waals surface area contributed by atoms with Crippen LogP contribution >= 0.6 is 22.6 Å². The first-order chi connectivity index (χ1) is 9.10. The average molecular weight is 368 g/mol. The maximum absolute atomic E-state index is 12.0. The van der Waals surface area contributed by atoms with E-state index in [-0.39, 0.29) is 5.97 Å². The third kappa shape index (κ3) is 3.47. The van der Waals surface area contributed by atoms with E-state index in [1.807, 2.05) is 19.1 Å². The predicted octanol–water partition coefficient (Wildman–Crippen LogP) is 3.83. The van der Waals surface area contributed by atoms with Gasteiger partial charge in [0.05, 0.1) is 12.7 Å². The summed E-state index contributed by atoms with van der Waals surface area (Å²) < 4.78 is 11.4. The van der Waals surface area contributed by atoms with Crippen LogP contribution < -0.4 is 9.47 Å². The van der Waals surface area contributed by atoms with Crippen LogP contribution in [0, 0.1) is 10.5 Å². The number of carbonyl (C=O) groups is 1. The van der Waals surface area contributed by atoms with E-state index >= 15 is 0 Å². The van der Waals surface area contributed by atoms with Gasteiger partial charge < -0.3 is 9.47 Å². The van der Waals surface area contributed by atoms with Crippen molar-refractivity contribution >= 4 is 28.6 Å². The second-order valence-corrected chi connectivity index (χ2v) is 5.19. The molecule has 2 aromatic carbocycles. The van der Waals surface area contributed by atoms with E-state index in [2.05, 4.69) is 22.6 Å². The van der Waals surface area contributed by atoms with Crippen LogP contribution in [0.4, 0.5) is 0 Å². The van der Waals surface area contributed by atoms with E-state index in [0.29, 0.717) is 11.3 Å². The smallest absolute Gasteiger partial charge is 0.343 e. The normalized spacial score (nSPS) is 10.1. The van der Waals surface area contributed by atoms with Crippen molar-refractivity contribution in [1.82, 2.24) is 0 Å². The Morgan fingerprint density at radius 3 is 2.26 bits per heavy atom. The molecule has 0 spiro atoms. The maximum atomic E-state index is 12.0. The molecule has 0 aliphatic heterocycles. The van der Waals surface area contributed by atoms with Gasteiger partial charge in [-0.15, -0.1) is 0 Å². The molecule has 19 heavy (non-hydrogen) atoms. The van der Waals surface area contributed by atoms with Crippen molar-refractivity contribution < 1.29 is 14.3 Å². The molecule has 0 atom stereocenters. The molecule has 2 rings (SSSR count). The minimum atomic E-state index is -0.358. The fourth-order valence-electron chi connectivity index (χ4n) is 1.53. The van der Waals surface area contributed by atoms with Crippen molar-refractivity contribution in [2.45, 2.75) is 6.92 Å². The molecule has 0 heterocycles. The number of halogens is 1. The third-order valence-corrected chi connectivity index (χ3v) is 3.84. The number of rotatable bonds is 3. The Labute approximate surface area is 125 Å². The molecule has 0 unspecified atom stereocenters. The lowest BCUT2D eigenvalue weighted by molar-refractivity contribution is 0.0734. The van der Waals surface area contributed by atoms with Crippen molar-refractivity contribution in [2.75, 3.05) is 7.11 Å². The van der Waals surface area contributed by atoms with E-state index in [9.17, 15) is 4.79 Å². The number of esters is 1. The number of benzene rings is 2. The van der Waals surface area contributed by atoms with Gasteiger partial charge in [-0.3, -0.25) is 0 Å². The Bertz CT molecular complexity index is 591. The standard InChI is InChI=1S/C15H13IO3/c1-10-3-4-11(9-14(10)16)15(17)19-13-7-5-12(18-2)6-8-13/h3-9H,1-2H3. The minimum Gasteiger partial charge on any atom is -0.497 e. The third-order valence-electron chi connectivity index (χ3n) is 2.68. The zero-order chi connectivity index (χ0) is 13.8. The van der Waals surface area contributed by atoms with Crippen molar-refractivity contribution in [2.24, 2.45) is 0 Å². The monoisotopic (exact) mass is 368 g/mol. The van der Waals surface area contributed by atoms with Crippen LogP contribution in [-0.2, 0) is 0 Å². The molecule has 4 heteroatoms. The highest BCUT2D eigenvalue weighted by Crippen LogP contribution is 2.19. The number of ether oxygens (including phenoxy) is 2. The summed E-state index contributed by atoms with van der Waals surface area (Å²) in [5.41, 5.74) is 1.69. The first kappa shape index (κ1) is 13.9. The van der Waals surface area contributed by atoms with E-state index in [1.165, 1.54) is 0 Å². The lowest BCUT2D eigenvalue weighted by Crippen LogP contribution is -2.08. The van der Waals surface area contributed by atoms with Gasteiger partial charge in [0.15, 0.2) is 0 Å². The summed E-state index contributed by atoms with van der Waals surface area (Å²) in [5, 5.41) is 0. The van der Waals surface area contributed by atoms with Gasteiger partial charge in [-0.25, -0.2) is 4.79 Å². The molecule has 0 fully saturated rings. The Morgan fingerprint density at radius 2 is 1.68 bits per heavy atom. The fourth-order valence-corrected chi connectivity index (χ4v) is 2.04. The molecule has 0 amide bonds. The van der Waals surface area contributed by atoms with Crippen LogP contribution in [-0.4, -0.2) is 13.1 Å². The van der Waals surface area contributed by atoms with Crippen LogP contribution in [0.15, 0.2) is 42.5 Å². The summed E-state index contributed by atoms with van der Waals surface area (Å²) in [4.78, 5) is 12.0. The molecular formula is C15H13IO3. The fraction of sp³-hybridized carbons (Fsp3) is 0.133. The molecule has 0 N–H and O–H groups in total. The van der Waals surface area contributed by atoms with Gasteiger partial charge in [-0.05, 0) is 71.5 Å². The van der Waals surface area contributed by atoms with Crippen LogP contribution in [0.5, 0.6) is 11.5 Å². The largest absolute Gasteiger partial charge is 0.497 e. The molecule has 0 saturated heterocycles. The lowest BCUT2D eigenvalue weighted by Gasteiger charge is -2.06. The van der Waals surface area contributed by atoms with Gasteiger partial charge in [0.25, 0.3) is 0 Å². The molecule has 0 aromatic heterocycles. The number of aryl methyl sites for hydroxylation is 1. The zero-order valence-electron chi connectivity index (χ0n) is 10.6. The SMILES string of the molecule is COc1ccc(OC(=O)c2ccc(C)c(I)c2)cc1. The molecule has 0 bridgehead atoms. The Hall–Kier alpha value is -1.56.